The second-order valence-electron chi connectivity index (χ2n) is 6.39. The van der Waals surface area contributed by atoms with Crippen LogP contribution in [0.4, 0.5) is 4.39 Å². The number of hydrogen-bond acceptors (Lipinski definition) is 2. The molecule has 3 rings (SSSR count). The first-order valence-electron chi connectivity index (χ1n) is 8.46. The Kier molecular flexibility index (Phi) is 5.12. The van der Waals surface area contributed by atoms with E-state index in [2.05, 4.69) is 5.32 Å². The molecule has 4 nitrogen and oxygen atoms in total. The lowest BCUT2D eigenvalue weighted by Crippen LogP contribution is -2.46. The molecular formula is C20H21FN2O2. The van der Waals surface area contributed by atoms with Gasteiger partial charge < -0.3 is 10.2 Å². The summed E-state index contributed by atoms with van der Waals surface area (Å²) < 4.78 is 13.8. The predicted octanol–water partition coefficient (Wildman–Crippen LogP) is 3.17. The molecule has 0 aliphatic carbocycles. The molecule has 1 aliphatic rings. The Balaban J connectivity index is 1.56. The average Bonchev–Trinajstić information content (AvgIpc) is 2.62. The van der Waals surface area contributed by atoms with Gasteiger partial charge in [0, 0.05) is 24.7 Å². The number of piperidine rings is 1. The largest absolute Gasteiger partial charge is 0.349 e. The predicted molar refractivity (Wildman–Crippen MR) is 94.0 cm³/mol. The Morgan fingerprint density at radius 2 is 1.80 bits per heavy atom. The second kappa shape index (κ2) is 7.47. The fourth-order valence-corrected chi connectivity index (χ4v) is 3.09. The van der Waals surface area contributed by atoms with Crippen molar-refractivity contribution in [1.82, 2.24) is 10.2 Å². The summed E-state index contributed by atoms with van der Waals surface area (Å²) >= 11 is 0. The van der Waals surface area contributed by atoms with Crippen LogP contribution in [0.2, 0.25) is 0 Å². The lowest BCUT2D eigenvalue weighted by Gasteiger charge is -2.32. The van der Waals surface area contributed by atoms with Gasteiger partial charge in [-0.05, 0) is 44.0 Å². The molecular weight excluding hydrogens is 319 g/mol. The van der Waals surface area contributed by atoms with Crippen LogP contribution in [0.15, 0.2) is 48.5 Å². The van der Waals surface area contributed by atoms with E-state index in [0.717, 1.165) is 5.56 Å². The first kappa shape index (κ1) is 17.1. The third-order valence-corrected chi connectivity index (χ3v) is 4.50. The highest BCUT2D eigenvalue weighted by atomic mass is 19.1. The molecule has 5 heteroatoms. The number of hydrogen-bond donors (Lipinski definition) is 1. The first-order chi connectivity index (χ1) is 12.0. The van der Waals surface area contributed by atoms with Crippen LogP contribution in [0, 0.1) is 12.7 Å². The van der Waals surface area contributed by atoms with Crippen molar-refractivity contribution in [3.63, 3.8) is 0 Å². The highest BCUT2D eigenvalue weighted by Gasteiger charge is 2.26. The van der Waals surface area contributed by atoms with Crippen LogP contribution in [0.1, 0.15) is 39.1 Å². The SMILES string of the molecule is Cc1cccc(C(=O)NC2CCN(C(=O)c3ccccc3F)CC2)c1. The van der Waals surface area contributed by atoms with Crippen LogP contribution in [0.3, 0.4) is 0 Å². The van der Waals surface area contributed by atoms with Crippen molar-refractivity contribution >= 4 is 11.8 Å². The van der Waals surface area contributed by atoms with Gasteiger partial charge in [-0.25, -0.2) is 4.39 Å². The highest BCUT2D eigenvalue weighted by Crippen LogP contribution is 2.16. The highest BCUT2D eigenvalue weighted by molar-refractivity contribution is 5.95. The number of nitrogens with one attached hydrogen (secondary N) is 1. The van der Waals surface area contributed by atoms with E-state index < -0.39 is 5.82 Å². The van der Waals surface area contributed by atoms with Crippen molar-refractivity contribution in [2.75, 3.05) is 13.1 Å². The molecule has 0 aromatic heterocycles. The summed E-state index contributed by atoms with van der Waals surface area (Å²) in [6.07, 6.45) is 1.33. The van der Waals surface area contributed by atoms with E-state index in [4.69, 9.17) is 0 Å². The van der Waals surface area contributed by atoms with Gasteiger partial charge in [-0.3, -0.25) is 9.59 Å². The van der Waals surface area contributed by atoms with Gasteiger partial charge in [-0.15, -0.1) is 0 Å². The minimum absolute atomic E-state index is 0.0256. The molecule has 0 atom stereocenters. The third-order valence-electron chi connectivity index (χ3n) is 4.50. The lowest BCUT2D eigenvalue weighted by atomic mass is 10.0. The molecule has 25 heavy (non-hydrogen) atoms. The zero-order chi connectivity index (χ0) is 17.8. The standard InChI is InChI=1S/C20H21FN2O2/c1-14-5-4-6-15(13-14)19(24)22-16-9-11-23(12-10-16)20(25)17-7-2-3-8-18(17)21/h2-8,13,16H,9-12H2,1H3,(H,22,24). The molecule has 2 aromatic rings. The van der Waals surface area contributed by atoms with Crippen LogP contribution in [-0.2, 0) is 0 Å². The number of carbonyl (C=O) groups is 2. The molecule has 0 bridgehead atoms. The average molecular weight is 340 g/mol. The maximum Gasteiger partial charge on any atom is 0.256 e. The minimum atomic E-state index is -0.498. The van der Waals surface area contributed by atoms with E-state index >= 15 is 0 Å². The number of halogens is 1. The summed E-state index contributed by atoms with van der Waals surface area (Å²) in [5.74, 6) is -0.883. The zero-order valence-corrected chi connectivity index (χ0v) is 14.2. The van der Waals surface area contributed by atoms with Gasteiger partial charge in [0.1, 0.15) is 5.82 Å². The molecule has 0 unspecified atom stereocenters. The van der Waals surface area contributed by atoms with Crippen molar-refractivity contribution in [3.8, 4) is 0 Å². The zero-order valence-electron chi connectivity index (χ0n) is 14.2. The fourth-order valence-electron chi connectivity index (χ4n) is 3.09. The van der Waals surface area contributed by atoms with Gasteiger partial charge in [0.2, 0.25) is 0 Å². The van der Waals surface area contributed by atoms with Crippen LogP contribution < -0.4 is 5.32 Å². The van der Waals surface area contributed by atoms with Crippen molar-refractivity contribution in [1.29, 1.82) is 0 Å². The first-order valence-corrected chi connectivity index (χ1v) is 8.46. The molecule has 0 radical (unpaired) electrons. The van der Waals surface area contributed by atoms with Gasteiger partial charge in [0.15, 0.2) is 0 Å². The number of amides is 2. The topological polar surface area (TPSA) is 49.4 Å². The molecule has 0 saturated carbocycles. The van der Waals surface area contributed by atoms with Crippen LogP contribution in [-0.4, -0.2) is 35.8 Å². The van der Waals surface area contributed by atoms with Crippen LogP contribution in [0.25, 0.3) is 0 Å². The summed E-state index contributed by atoms with van der Waals surface area (Å²) in [6.45, 7) is 2.96. The Morgan fingerprint density at radius 3 is 2.48 bits per heavy atom. The van der Waals surface area contributed by atoms with Gasteiger partial charge in [0.25, 0.3) is 11.8 Å². The number of aryl methyl sites for hydroxylation is 1. The summed E-state index contributed by atoms with van der Waals surface area (Å²) in [5, 5.41) is 3.02. The molecule has 1 aliphatic heterocycles. The summed E-state index contributed by atoms with van der Waals surface area (Å²) in [4.78, 5) is 26.4. The second-order valence-corrected chi connectivity index (χ2v) is 6.39. The fraction of sp³-hybridized carbons (Fsp3) is 0.300. The summed E-state index contributed by atoms with van der Waals surface area (Å²) in [5.41, 5.74) is 1.78. The maximum absolute atomic E-state index is 13.8. The quantitative estimate of drug-likeness (QED) is 0.933. The van der Waals surface area contributed by atoms with Crippen molar-refractivity contribution in [3.05, 3.63) is 71.0 Å². The monoisotopic (exact) mass is 340 g/mol. The van der Waals surface area contributed by atoms with Gasteiger partial charge in [-0.1, -0.05) is 29.8 Å². The Bertz CT molecular complexity index is 783. The van der Waals surface area contributed by atoms with Crippen LogP contribution >= 0.6 is 0 Å². The summed E-state index contributed by atoms with van der Waals surface area (Å²) in [7, 11) is 0. The maximum atomic E-state index is 13.8. The van der Waals surface area contributed by atoms with Gasteiger partial charge in [-0.2, -0.15) is 0 Å². The van der Waals surface area contributed by atoms with E-state index in [9.17, 15) is 14.0 Å². The van der Waals surface area contributed by atoms with E-state index in [1.165, 1.54) is 12.1 Å². The van der Waals surface area contributed by atoms with E-state index in [1.54, 1.807) is 23.1 Å². The van der Waals surface area contributed by atoms with E-state index in [1.807, 2.05) is 25.1 Å². The lowest BCUT2D eigenvalue weighted by molar-refractivity contribution is 0.0693. The smallest absolute Gasteiger partial charge is 0.256 e. The number of benzene rings is 2. The van der Waals surface area contributed by atoms with Crippen molar-refractivity contribution in [2.45, 2.75) is 25.8 Å². The van der Waals surface area contributed by atoms with Gasteiger partial charge >= 0.3 is 0 Å². The van der Waals surface area contributed by atoms with Crippen molar-refractivity contribution in [2.24, 2.45) is 0 Å². The number of likely N-dealkylation sites (tertiary alicyclic amines) is 1. The molecule has 2 aromatic carbocycles. The molecule has 2 amide bonds. The summed E-state index contributed by atoms with van der Waals surface area (Å²) in [6, 6.07) is 13.5. The molecule has 1 saturated heterocycles. The van der Waals surface area contributed by atoms with E-state index in [-0.39, 0.29) is 23.4 Å². The Morgan fingerprint density at radius 1 is 1.08 bits per heavy atom. The van der Waals surface area contributed by atoms with Crippen LogP contribution in [0.5, 0.6) is 0 Å². The Labute approximate surface area is 146 Å². The molecule has 1 N–H and O–H groups in total. The minimum Gasteiger partial charge on any atom is -0.349 e. The van der Waals surface area contributed by atoms with Crippen molar-refractivity contribution < 1.29 is 14.0 Å². The number of carbonyl (C=O) groups excluding carboxylic acids is 2. The molecule has 1 fully saturated rings. The molecule has 1 heterocycles. The normalized spacial score (nSPS) is 15.0. The molecule has 0 spiro atoms. The Hall–Kier alpha value is -2.69. The van der Waals surface area contributed by atoms with Gasteiger partial charge in [0.05, 0.1) is 5.56 Å². The number of nitrogens with zero attached hydrogens (tertiary/aromatic N) is 1. The molecule has 130 valence electrons. The van der Waals surface area contributed by atoms with E-state index in [0.29, 0.717) is 31.5 Å². The number of rotatable bonds is 3. The third kappa shape index (κ3) is 4.05.